The number of carbonyl (C=O) groups excluding carboxylic acids is 3. The number of esters is 2. The highest BCUT2D eigenvalue weighted by Crippen LogP contribution is 2.46. The van der Waals surface area contributed by atoms with E-state index < -0.39 is 17.7 Å². The van der Waals surface area contributed by atoms with E-state index in [-0.39, 0.29) is 30.8 Å². The molecule has 0 aromatic heterocycles. The summed E-state index contributed by atoms with van der Waals surface area (Å²) >= 11 is 0. The number of methoxy groups -OCH3 is 1. The summed E-state index contributed by atoms with van der Waals surface area (Å²) in [6, 6.07) is 0. The molecule has 5 atom stereocenters. The molecule has 0 aromatic rings. The molecule has 0 spiro atoms. The van der Waals surface area contributed by atoms with E-state index in [9.17, 15) is 19.5 Å². The van der Waals surface area contributed by atoms with E-state index in [2.05, 4.69) is 53.4 Å². The van der Waals surface area contributed by atoms with Crippen LogP contribution in [0.15, 0.2) is 132 Å². The number of Topliss-reactive ketones (excluding diaryl/α,β-unsaturated/α-hetero) is 1. The molecule has 1 saturated carbocycles. The number of aliphatic hydroxyl groups excluding tert-OH is 1. The van der Waals surface area contributed by atoms with Crippen molar-refractivity contribution in [2.24, 2.45) is 50.5 Å². The zero-order chi connectivity index (χ0) is 46.2. The number of ether oxygens (including phenoxy) is 2. The minimum absolute atomic E-state index is 0.140. The fraction of sp³-hybridized carbons (Fsp3) is 0.519. The lowest BCUT2D eigenvalue weighted by atomic mass is 9.85. The number of nitrogens with one attached hydrogen (secondary N) is 1. The van der Waals surface area contributed by atoms with Crippen LogP contribution in [0, 0.1) is 35.5 Å². The van der Waals surface area contributed by atoms with Crippen LogP contribution in [0.3, 0.4) is 0 Å². The van der Waals surface area contributed by atoms with Crippen LogP contribution in [0.2, 0.25) is 0 Å². The second kappa shape index (κ2) is 21.5. The van der Waals surface area contributed by atoms with Crippen LogP contribution in [-0.4, -0.2) is 53.7 Å². The van der Waals surface area contributed by atoms with Gasteiger partial charge >= 0.3 is 11.9 Å². The minimum Gasteiger partial charge on any atom is -0.515 e. The molecule has 0 amide bonds. The predicted molar refractivity (Wildman–Crippen MR) is 258 cm³/mol. The van der Waals surface area contributed by atoms with Crippen molar-refractivity contribution >= 4 is 34.9 Å². The molecular formula is C54H70N4O6. The number of hydrogen-bond donors (Lipinski definition) is 2. The number of hydrogen-bond acceptors (Lipinski definition) is 10. The van der Waals surface area contributed by atoms with Gasteiger partial charge in [0.25, 0.3) is 0 Å². The molecule has 0 radical (unpaired) electrons. The lowest BCUT2D eigenvalue weighted by Crippen LogP contribution is -2.26. The monoisotopic (exact) mass is 871 g/mol. The van der Waals surface area contributed by atoms with Gasteiger partial charge in [0.05, 0.1) is 47.6 Å². The number of nitrogens with zero attached hydrogens (tertiary/aromatic N) is 3. The zero-order valence-electron chi connectivity index (χ0n) is 39.7. The Labute approximate surface area is 381 Å². The molecule has 6 rings (SSSR count). The third-order valence-electron chi connectivity index (χ3n) is 13.8. The Bertz CT molecular complexity index is 2300. The molecule has 10 heteroatoms. The molecule has 6 aliphatic rings. The third kappa shape index (κ3) is 10.8. The topological polar surface area (TPSA) is 139 Å². The highest BCUT2D eigenvalue weighted by molar-refractivity contribution is 6.42. The number of ketones is 1. The van der Waals surface area contributed by atoms with Gasteiger partial charge in [-0.1, -0.05) is 105 Å². The van der Waals surface area contributed by atoms with E-state index in [1.165, 1.54) is 57.6 Å². The van der Waals surface area contributed by atoms with Gasteiger partial charge in [0.1, 0.15) is 12.5 Å². The standard InChI is InChI=1S/C54H70N4O6/c1-11-38-35(8)43-28-44-36(9)40(22-23-48(60)64-25-24-34(7)21-15-20-33(6)19-14-18-32(5)17-13-16-31(3)4)51(58-44)49-50(54(62)63-10)53(61)41-26-37(55-52(41)49)27-45-39(12-2)42(30-59)47(57-45)29-46(38)56-43/h11,24,26-33,36,40,50,58-59H,1,12-23,25H2,2-10H3/b34-24?,37-27?,42-30+,44-28?,46-29?,51-49?. The predicted octanol–water partition coefficient (Wildman–Crippen LogP) is 11.7. The number of rotatable bonds is 20. The van der Waals surface area contributed by atoms with Crippen molar-refractivity contribution in [3.63, 3.8) is 0 Å². The van der Waals surface area contributed by atoms with E-state index in [4.69, 9.17) is 24.5 Å². The Hall–Kier alpha value is -5.38. The maximum Gasteiger partial charge on any atom is 0.321 e. The van der Waals surface area contributed by atoms with Gasteiger partial charge in [-0.15, -0.1) is 0 Å². The Morgan fingerprint density at radius 2 is 1.64 bits per heavy atom. The average Bonchev–Trinajstić information content (AvgIpc) is 4.03. The van der Waals surface area contributed by atoms with Gasteiger partial charge < -0.3 is 19.9 Å². The SMILES string of the molecule is C=CC1=C(C)C2=NC1=CC1=NC(=C(CC)/C1=C\O)C=C1C=C3C(=O)C(C(=O)OC)C(=C4NC(=C2)C(C)C4CCC(=O)OCC=C(C)CCCC(C)CCCC(C)CCCC(C)C)C3=N1. The molecule has 1 saturated heterocycles. The van der Waals surface area contributed by atoms with Gasteiger partial charge in [-0.3, -0.25) is 14.4 Å². The molecular weight excluding hydrogens is 801 g/mol. The Morgan fingerprint density at radius 1 is 0.938 bits per heavy atom. The highest BCUT2D eigenvalue weighted by atomic mass is 16.5. The summed E-state index contributed by atoms with van der Waals surface area (Å²) in [5, 5.41) is 14.0. The first-order valence-corrected chi connectivity index (χ1v) is 23.7. The summed E-state index contributed by atoms with van der Waals surface area (Å²) in [6.07, 6.45) is 24.6. The number of carbonyl (C=O) groups is 3. The fourth-order valence-electron chi connectivity index (χ4n) is 9.87. The Kier molecular flexibility index (Phi) is 16.2. The molecule has 5 unspecified atom stereocenters. The second-order valence-corrected chi connectivity index (χ2v) is 19.0. The van der Waals surface area contributed by atoms with Gasteiger partial charge in [-0.2, -0.15) is 0 Å². The maximum absolute atomic E-state index is 14.2. The van der Waals surface area contributed by atoms with Crippen molar-refractivity contribution in [3.05, 3.63) is 117 Å². The van der Waals surface area contributed by atoms with Gasteiger partial charge in [0.15, 0.2) is 5.78 Å². The average molecular weight is 871 g/mol. The molecule has 10 nitrogen and oxygen atoms in total. The highest BCUT2D eigenvalue weighted by Gasteiger charge is 2.50. The van der Waals surface area contributed by atoms with Crippen LogP contribution in [0.25, 0.3) is 0 Å². The van der Waals surface area contributed by atoms with Crippen molar-refractivity contribution in [2.75, 3.05) is 13.7 Å². The number of fused-ring (bicyclic) bond motifs is 5. The van der Waals surface area contributed by atoms with E-state index in [0.29, 0.717) is 75.4 Å². The summed E-state index contributed by atoms with van der Waals surface area (Å²) in [6.45, 7) is 21.8. The van der Waals surface area contributed by atoms with Gasteiger partial charge in [-0.05, 0) is 98.8 Å². The molecule has 5 aliphatic heterocycles. The molecule has 342 valence electrons. The van der Waals surface area contributed by atoms with Crippen molar-refractivity contribution < 1.29 is 29.0 Å². The molecule has 2 N–H and O–H groups in total. The molecule has 0 aromatic carbocycles. The Balaban J connectivity index is 1.19. The molecule has 5 heterocycles. The van der Waals surface area contributed by atoms with Crippen molar-refractivity contribution in [1.82, 2.24) is 5.32 Å². The first-order valence-electron chi connectivity index (χ1n) is 23.7. The van der Waals surface area contributed by atoms with Crippen LogP contribution in [0.4, 0.5) is 0 Å². The molecule has 1 aliphatic carbocycles. The van der Waals surface area contributed by atoms with Gasteiger partial charge in [0.2, 0.25) is 0 Å². The maximum atomic E-state index is 14.2. The lowest BCUT2D eigenvalue weighted by molar-refractivity contribution is -0.146. The molecule has 8 bridgehead atoms. The summed E-state index contributed by atoms with van der Waals surface area (Å²) in [5.74, 6) is -0.737. The second-order valence-electron chi connectivity index (χ2n) is 19.0. The van der Waals surface area contributed by atoms with Gasteiger partial charge in [-0.25, -0.2) is 15.0 Å². The number of aliphatic imine (C=N–C) groups is 3. The largest absolute Gasteiger partial charge is 0.515 e. The summed E-state index contributed by atoms with van der Waals surface area (Å²) < 4.78 is 11.0. The fourth-order valence-corrected chi connectivity index (χ4v) is 9.87. The molecule has 64 heavy (non-hydrogen) atoms. The normalized spacial score (nSPS) is 23.2. The molecule has 2 fully saturated rings. The van der Waals surface area contributed by atoms with Gasteiger partial charge in [0, 0.05) is 51.9 Å². The Morgan fingerprint density at radius 3 is 2.30 bits per heavy atom. The van der Waals surface area contributed by atoms with Crippen LogP contribution in [0.1, 0.15) is 132 Å². The van der Waals surface area contributed by atoms with Crippen LogP contribution >= 0.6 is 0 Å². The summed E-state index contributed by atoms with van der Waals surface area (Å²) in [5.41, 5.74) is 10.1. The first-order chi connectivity index (χ1) is 30.7. The van der Waals surface area contributed by atoms with E-state index in [1.807, 2.05) is 32.1 Å². The van der Waals surface area contributed by atoms with Crippen LogP contribution in [0.5, 0.6) is 0 Å². The minimum atomic E-state index is -1.22. The van der Waals surface area contributed by atoms with E-state index >= 15 is 0 Å². The first kappa shape index (κ1) is 48.1. The number of allylic oxidation sites excluding steroid dienone is 12. The van der Waals surface area contributed by atoms with Crippen LogP contribution < -0.4 is 5.32 Å². The quantitative estimate of drug-likeness (QED) is 0.0537. The van der Waals surface area contributed by atoms with Crippen molar-refractivity contribution in [1.29, 1.82) is 0 Å². The third-order valence-corrected chi connectivity index (χ3v) is 13.8. The van der Waals surface area contributed by atoms with Crippen molar-refractivity contribution in [2.45, 2.75) is 132 Å². The van der Waals surface area contributed by atoms with Crippen LogP contribution in [-0.2, 0) is 23.9 Å². The van der Waals surface area contributed by atoms with E-state index in [0.717, 1.165) is 53.4 Å². The zero-order valence-corrected chi connectivity index (χ0v) is 39.7. The number of aliphatic hydroxyl groups is 1. The summed E-state index contributed by atoms with van der Waals surface area (Å²) in [7, 11) is 1.28. The smallest absolute Gasteiger partial charge is 0.321 e. The lowest BCUT2D eigenvalue weighted by Gasteiger charge is -2.19. The summed E-state index contributed by atoms with van der Waals surface area (Å²) in [4.78, 5) is 55.9. The van der Waals surface area contributed by atoms with E-state index in [1.54, 1.807) is 18.2 Å². The van der Waals surface area contributed by atoms with Crippen molar-refractivity contribution in [3.8, 4) is 0 Å².